The molecule has 2 aromatic rings. The van der Waals surface area contributed by atoms with Crippen LogP contribution in [0.25, 0.3) is 0 Å². The number of ether oxygens (including phenoxy) is 1. The smallest absolute Gasteiger partial charge is 0.262 e. The van der Waals surface area contributed by atoms with Crippen molar-refractivity contribution in [3.8, 4) is 5.75 Å². The highest BCUT2D eigenvalue weighted by Gasteiger charge is 2.19. The van der Waals surface area contributed by atoms with Crippen LogP contribution in [0.3, 0.4) is 0 Å². The van der Waals surface area contributed by atoms with Crippen molar-refractivity contribution in [2.45, 2.75) is 11.8 Å². The minimum Gasteiger partial charge on any atom is -0.496 e. The molecule has 0 bridgehead atoms. The van der Waals surface area contributed by atoms with Gasteiger partial charge in [-0.1, -0.05) is 6.07 Å². The van der Waals surface area contributed by atoms with Gasteiger partial charge in [0.15, 0.2) is 0 Å². The van der Waals surface area contributed by atoms with E-state index in [0.717, 1.165) is 18.2 Å². The van der Waals surface area contributed by atoms with Crippen LogP contribution in [0, 0.1) is 18.6 Å². The first-order valence-corrected chi connectivity index (χ1v) is 7.45. The van der Waals surface area contributed by atoms with Gasteiger partial charge in [-0.3, -0.25) is 4.72 Å². The molecule has 0 aromatic heterocycles. The molecule has 0 fully saturated rings. The molecule has 0 saturated carbocycles. The number of anilines is 1. The van der Waals surface area contributed by atoms with E-state index in [1.807, 2.05) is 4.72 Å². The quantitative estimate of drug-likeness (QED) is 0.944. The molecule has 0 atom stereocenters. The van der Waals surface area contributed by atoms with Crippen molar-refractivity contribution in [3.63, 3.8) is 0 Å². The monoisotopic (exact) mass is 313 g/mol. The average molecular weight is 313 g/mol. The van der Waals surface area contributed by atoms with Gasteiger partial charge in [-0.05, 0) is 42.8 Å². The van der Waals surface area contributed by atoms with Crippen molar-refractivity contribution in [2.75, 3.05) is 11.8 Å². The van der Waals surface area contributed by atoms with Crippen LogP contribution in [-0.2, 0) is 10.0 Å². The van der Waals surface area contributed by atoms with E-state index in [1.54, 1.807) is 6.92 Å². The topological polar surface area (TPSA) is 55.4 Å². The molecule has 4 nitrogen and oxygen atoms in total. The van der Waals surface area contributed by atoms with Gasteiger partial charge in [0.1, 0.15) is 23.1 Å². The number of hydrogen-bond donors (Lipinski definition) is 1. The standard InChI is InChI=1S/C14H13F2NO3S/c1-9-8-10(6-7-13(9)20-2)21(18,19)17-14-11(15)4-3-5-12(14)16/h3-8,17H,1-2H3. The number of nitrogens with one attached hydrogen (secondary N) is 1. The summed E-state index contributed by atoms with van der Waals surface area (Å²) in [6.45, 7) is 1.67. The van der Waals surface area contributed by atoms with E-state index in [0.29, 0.717) is 11.3 Å². The van der Waals surface area contributed by atoms with Crippen molar-refractivity contribution in [1.82, 2.24) is 0 Å². The Balaban J connectivity index is 2.41. The maximum atomic E-state index is 13.5. The molecule has 7 heteroatoms. The Bertz CT molecular complexity index is 756. The second kappa shape index (κ2) is 5.69. The Morgan fingerprint density at radius 1 is 1.10 bits per heavy atom. The van der Waals surface area contributed by atoms with Crippen molar-refractivity contribution < 1.29 is 21.9 Å². The lowest BCUT2D eigenvalue weighted by atomic mass is 10.2. The van der Waals surface area contributed by atoms with E-state index in [-0.39, 0.29) is 4.90 Å². The Kier molecular flexibility index (Phi) is 4.13. The number of methoxy groups -OCH3 is 1. The Morgan fingerprint density at radius 2 is 1.71 bits per heavy atom. The second-order valence-corrected chi connectivity index (χ2v) is 6.02. The Hall–Kier alpha value is -2.15. The number of halogens is 2. The first-order valence-electron chi connectivity index (χ1n) is 5.96. The third-order valence-corrected chi connectivity index (χ3v) is 4.22. The summed E-state index contributed by atoms with van der Waals surface area (Å²) in [6.07, 6.45) is 0. The van der Waals surface area contributed by atoms with Gasteiger partial charge in [0.2, 0.25) is 0 Å². The van der Waals surface area contributed by atoms with Gasteiger partial charge in [0.05, 0.1) is 12.0 Å². The van der Waals surface area contributed by atoms with E-state index in [4.69, 9.17) is 4.74 Å². The molecule has 112 valence electrons. The van der Waals surface area contributed by atoms with Crippen molar-refractivity contribution in [2.24, 2.45) is 0 Å². The van der Waals surface area contributed by atoms with E-state index in [9.17, 15) is 17.2 Å². The first-order chi connectivity index (χ1) is 9.85. The summed E-state index contributed by atoms with van der Waals surface area (Å²) < 4.78 is 58.3. The zero-order chi connectivity index (χ0) is 15.6. The van der Waals surface area contributed by atoms with Gasteiger partial charge in [0, 0.05) is 0 Å². The summed E-state index contributed by atoms with van der Waals surface area (Å²) in [5.41, 5.74) is -0.111. The van der Waals surface area contributed by atoms with Crippen LogP contribution in [0.1, 0.15) is 5.56 Å². The Labute approximate surface area is 121 Å². The summed E-state index contributed by atoms with van der Waals surface area (Å²) in [5, 5.41) is 0. The van der Waals surface area contributed by atoms with Crippen LogP contribution in [0.15, 0.2) is 41.3 Å². The molecule has 1 N–H and O–H groups in total. The van der Waals surface area contributed by atoms with Crippen molar-refractivity contribution >= 4 is 15.7 Å². The highest BCUT2D eigenvalue weighted by Crippen LogP contribution is 2.25. The highest BCUT2D eigenvalue weighted by molar-refractivity contribution is 7.92. The number of aryl methyl sites for hydroxylation is 1. The molecule has 2 aromatic carbocycles. The predicted octanol–water partition coefficient (Wildman–Crippen LogP) is 3.08. The fourth-order valence-corrected chi connectivity index (χ4v) is 2.97. The van der Waals surface area contributed by atoms with Crippen LogP contribution in [0.4, 0.5) is 14.5 Å². The molecule has 2 rings (SSSR count). The Morgan fingerprint density at radius 3 is 2.24 bits per heavy atom. The lowest BCUT2D eigenvalue weighted by molar-refractivity contribution is 0.411. The van der Waals surface area contributed by atoms with Gasteiger partial charge in [0.25, 0.3) is 10.0 Å². The number of benzene rings is 2. The number of para-hydroxylation sites is 1. The van der Waals surface area contributed by atoms with Gasteiger partial charge < -0.3 is 4.74 Å². The number of hydrogen-bond acceptors (Lipinski definition) is 3. The summed E-state index contributed by atoms with van der Waals surface area (Å²) in [6, 6.07) is 7.23. The third kappa shape index (κ3) is 3.13. The molecule has 0 radical (unpaired) electrons. The highest BCUT2D eigenvalue weighted by atomic mass is 32.2. The fourth-order valence-electron chi connectivity index (χ4n) is 1.81. The molecule has 0 amide bonds. The maximum Gasteiger partial charge on any atom is 0.262 e. The van der Waals surface area contributed by atoms with Gasteiger partial charge in [-0.15, -0.1) is 0 Å². The van der Waals surface area contributed by atoms with E-state index >= 15 is 0 Å². The van der Waals surface area contributed by atoms with Crippen LogP contribution in [0.5, 0.6) is 5.75 Å². The van der Waals surface area contributed by atoms with Crippen LogP contribution < -0.4 is 9.46 Å². The van der Waals surface area contributed by atoms with E-state index < -0.39 is 27.3 Å². The molecule has 0 saturated heterocycles. The lowest BCUT2D eigenvalue weighted by Gasteiger charge is -2.11. The zero-order valence-corrected chi connectivity index (χ0v) is 12.2. The summed E-state index contributed by atoms with van der Waals surface area (Å²) in [4.78, 5) is -0.108. The molecule has 21 heavy (non-hydrogen) atoms. The molecule has 0 spiro atoms. The van der Waals surface area contributed by atoms with Crippen molar-refractivity contribution in [1.29, 1.82) is 0 Å². The van der Waals surface area contributed by atoms with Gasteiger partial charge in [-0.2, -0.15) is 0 Å². The molecule has 0 aliphatic rings. The largest absolute Gasteiger partial charge is 0.496 e. The predicted molar refractivity (Wildman–Crippen MR) is 74.9 cm³/mol. The maximum absolute atomic E-state index is 13.5. The molecule has 0 aliphatic carbocycles. The van der Waals surface area contributed by atoms with E-state index in [1.165, 1.54) is 25.3 Å². The lowest BCUT2D eigenvalue weighted by Crippen LogP contribution is -2.15. The minimum absolute atomic E-state index is 0.108. The summed E-state index contributed by atoms with van der Waals surface area (Å²) in [7, 11) is -2.63. The van der Waals surface area contributed by atoms with Crippen LogP contribution in [-0.4, -0.2) is 15.5 Å². The molecular weight excluding hydrogens is 300 g/mol. The third-order valence-electron chi connectivity index (χ3n) is 2.88. The SMILES string of the molecule is COc1ccc(S(=O)(=O)Nc2c(F)cccc2F)cc1C. The number of sulfonamides is 1. The molecule has 0 unspecified atom stereocenters. The van der Waals surface area contributed by atoms with Crippen LogP contribution in [0.2, 0.25) is 0 Å². The summed E-state index contributed by atoms with van der Waals surface area (Å²) in [5.74, 6) is -1.45. The van der Waals surface area contributed by atoms with E-state index in [2.05, 4.69) is 0 Å². The molecule has 0 aliphatic heterocycles. The fraction of sp³-hybridized carbons (Fsp3) is 0.143. The minimum atomic E-state index is -4.09. The summed E-state index contributed by atoms with van der Waals surface area (Å²) >= 11 is 0. The first kappa shape index (κ1) is 15.2. The second-order valence-electron chi connectivity index (χ2n) is 4.33. The molecule has 0 heterocycles. The normalized spacial score (nSPS) is 11.2. The van der Waals surface area contributed by atoms with Crippen molar-refractivity contribution in [3.05, 3.63) is 53.6 Å². The van der Waals surface area contributed by atoms with Crippen LogP contribution >= 0.6 is 0 Å². The van der Waals surface area contributed by atoms with Gasteiger partial charge in [-0.25, -0.2) is 17.2 Å². The molecular formula is C14H13F2NO3S. The average Bonchev–Trinajstić information content (AvgIpc) is 2.43. The zero-order valence-electron chi connectivity index (χ0n) is 11.4. The van der Waals surface area contributed by atoms with Gasteiger partial charge >= 0.3 is 0 Å². The number of rotatable bonds is 4.